The van der Waals surface area contributed by atoms with E-state index in [0.717, 1.165) is 37.0 Å². The van der Waals surface area contributed by atoms with Crippen LogP contribution in [0.4, 0.5) is 5.69 Å². The number of aromatic nitrogens is 1. The summed E-state index contributed by atoms with van der Waals surface area (Å²) in [4.78, 5) is 17.5. The van der Waals surface area contributed by atoms with Crippen LogP contribution < -0.4 is 10.1 Å². The normalized spacial score (nSPS) is 10.5. The number of nitrogens with one attached hydrogen (secondary N) is 1. The van der Waals surface area contributed by atoms with Crippen LogP contribution >= 0.6 is 34.9 Å². The van der Waals surface area contributed by atoms with Crippen LogP contribution in [0, 0.1) is 10.7 Å². The lowest BCUT2D eigenvalue weighted by atomic mass is 10.3. The van der Waals surface area contributed by atoms with Gasteiger partial charge in [-0.15, -0.1) is 11.3 Å². The molecule has 0 fully saturated rings. The molecule has 0 aliphatic rings. The van der Waals surface area contributed by atoms with Crippen molar-refractivity contribution in [3.05, 3.63) is 42.5 Å². The highest BCUT2D eigenvalue weighted by Gasteiger charge is 2.09. The number of nitriles is 1. The zero-order chi connectivity index (χ0) is 18.4. The molecule has 1 aromatic heterocycles. The van der Waals surface area contributed by atoms with Crippen LogP contribution in [0.3, 0.4) is 0 Å². The molecule has 0 spiro atoms. The van der Waals surface area contributed by atoms with Gasteiger partial charge in [0, 0.05) is 10.6 Å². The molecule has 0 aliphatic heterocycles. The van der Waals surface area contributed by atoms with Crippen molar-refractivity contribution >= 4 is 56.7 Å². The third kappa shape index (κ3) is 4.91. The number of anilines is 1. The van der Waals surface area contributed by atoms with E-state index in [0.29, 0.717) is 12.3 Å². The van der Waals surface area contributed by atoms with Gasteiger partial charge in [0.1, 0.15) is 11.2 Å². The first-order chi connectivity index (χ1) is 12.7. The number of carbonyl (C=O) groups is 1. The summed E-state index contributed by atoms with van der Waals surface area (Å²) in [7, 11) is 0. The van der Waals surface area contributed by atoms with Crippen molar-refractivity contribution < 1.29 is 9.53 Å². The molecule has 0 unspecified atom stereocenters. The minimum absolute atomic E-state index is 0.0926. The second-order valence-electron chi connectivity index (χ2n) is 5.10. The Balaban J connectivity index is 1.57. The Morgan fingerprint density at radius 1 is 1.31 bits per heavy atom. The smallest absolute Gasteiger partial charge is 0.234 e. The lowest BCUT2D eigenvalue weighted by Crippen LogP contribution is -2.13. The summed E-state index contributed by atoms with van der Waals surface area (Å²) < 4.78 is 7.40. The molecule has 0 aliphatic carbocycles. The maximum absolute atomic E-state index is 12.1. The summed E-state index contributed by atoms with van der Waals surface area (Å²) in [6.07, 6.45) is 0. The molecule has 3 aromatic rings. The number of hydrogen-bond donors (Lipinski definition) is 1. The van der Waals surface area contributed by atoms with Gasteiger partial charge in [0.25, 0.3) is 0 Å². The van der Waals surface area contributed by atoms with E-state index in [1.54, 1.807) is 35.6 Å². The van der Waals surface area contributed by atoms with E-state index in [2.05, 4.69) is 10.3 Å². The fourth-order valence-corrected chi connectivity index (χ4v) is 4.46. The third-order valence-corrected chi connectivity index (χ3v) is 6.04. The van der Waals surface area contributed by atoms with E-state index >= 15 is 0 Å². The van der Waals surface area contributed by atoms with E-state index < -0.39 is 0 Å². The quantitative estimate of drug-likeness (QED) is 0.444. The number of thioether (sulfide) groups is 2. The summed E-state index contributed by atoms with van der Waals surface area (Å²) in [6.45, 7) is 2.58. The van der Waals surface area contributed by atoms with Crippen molar-refractivity contribution in [3.63, 3.8) is 0 Å². The largest absolute Gasteiger partial charge is 0.494 e. The monoisotopic (exact) mass is 401 g/mol. The topological polar surface area (TPSA) is 75.0 Å². The lowest BCUT2D eigenvalue weighted by Gasteiger charge is -2.04. The average molecular weight is 402 g/mol. The Morgan fingerprint density at radius 3 is 2.85 bits per heavy atom. The van der Waals surface area contributed by atoms with Crippen molar-refractivity contribution in [1.29, 1.82) is 5.26 Å². The molecule has 132 valence electrons. The van der Waals surface area contributed by atoms with Gasteiger partial charge in [-0.1, -0.05) is 11.8 Å². The standard InChI is InChI=1S/C18H15N3O2S3/c1-2-23-13-5-8-15-16(9-13)26-18(21-15)24-10-17(22)20-12-3-6-14(7-4-12)25-11-19/h3-9H,2,10H2,1H3,(H,20,22). The molecular weight excluding hydrogens is 386 g/mol. The molecule has 0 saturated heterocycles. The van der Waals surface area contributed by atoms with Gasteiger partial charge in [0.05, 0.1) is 22.6 Å². The molecule has 0 radical (unpaired) electrons. The van der Waals surface area contributed by atoms with E-state index in [1.807, 2.05) is 30.5 Å². The molecule has 0 saturated carbocycles. The van der Waals surface area contributed by atoms with E-state index in [9.17, 15) is 4.79 Å². The number of ether oxygens (including phenoxy) is 1. The zero-order valence-corrected chi connectivity index (χ0v) is 16.3. The molecule has 26 heavy (non-hydrogen) atoms. The Morgan fingerprint density at radius 2 is 2.12 bits per heavy atom. The van der Waals surface area contributed by atoms with E-state index in [4.69, 9.17) is 10.00 Å². The van der Waals surface area contributed by atoms with Crippen LogP contribution in [0.1, 0.15) is 6.92 Å². The van der Waals surface area contributed by atoms with Gasteiger partial charge in [-0.25, -0.2) is 4.98 Å². The van der Waals surface area contributed by atoms with Crippen LogP contribution in [0.25, 0.3) is 10.2 Å². The second-order valence-corrected chi connectivity index (χ2v) is 8.21. The predicted molar refractivity (Wildman–Crippen MR) is 108 cm³/mol. The Bertz CT molecular complexity index is 948. The lowest BCUT2D eigenvalue weighted by molar-refractivity contribution is -0.113. The van der Waals surface area contributed by atoms with Crippen molar-refractivity contribution in [2.75, 3.05) is 17.7 Å². The Hall–Kier alpha value is -2.21. The van der Waals surface area contributed by atoms with Gasteiger partial charge < -0.3 is 10.1 Å². The first kappa shape index (κ1) is 18.6. The van der Waals surface area contributed by atoms with Crippen LogP contribution in [-0.2, 0) is 4.79 Å². The number of carbonyl (C=O) groups excluding carboxylic acids is 1. The van der Waals surface area contributed by atoms with Gasteiger partial charge >= 0.3 is 0 Å². The SMILES string of the molecule is CCOc1ccc2nc(SCC(=O)Nc3ccc(SC#N)cc3)sc2c1. The summed E-state index contributed by atoms with van der Waals surface area (Å²) >= 11 is 4.05. The zero-order valence-electron chi connectivity index (χ0n) is 13.9. The Labute approximate surface area is 163 Å². The van der Waals surface area contributed by atoms with Gasteiger partial charge in [-0.2, -0.15) is 5.26 Å². The van der Waals surface area contributed by atoms with Gasteiger partial charge in [0.15, 0.2) is 4.34 Å². The van der Waals surface area contributed by atoms with Crippen LogP contribution in [0.15, 0.2) is 51.7 Å². The minimum atomic E-state index is -0.0926. The molecule has 8 heteroatoms. The molecule has 0 bridgehead atoms. The first-order valence-corrected chi connectivity index (χ1v) is 10.4. The van der Waals surface area contributed by atoms with Crippen LogP contribution in [0.2, 0.25) is 0 Å². The van der Waals surface area contributed by atoms with Crippen molar-refractivity contribution in [1.82, 2.24) is 4.98 Å². The van der Waals surface area contributed by atoms with Gasteiger partial charge in [-0.3, -0.25) is 4.79 Å². The number of fused-ring (bicyclic) bond motifs is 1. The summed E-state index contributed by atoms with van der Waals surface area (Å²) in [5, 5.41) is 13.5. The van der Waals surface area contributed by atoms with E-state index in [-0.39, 0.29) is 11.7 Å². The molecule has 2 aromatic carbocycles. The summed E-state index contributed by atoms with van der Waals surface area (Å²) in [5.41, 5.74) is 1.62. The average Bonchev–Trinajstić information content (AvgIpc) is 3.04. The van der Waals surface area contributed by atoms with Crippen molar-refractivity contribution in [2.45, 2.75) is 16.2 Å². The van der Waals surface area contributed by atoms with Crippen LogP contribution in [0.5, 0.6) is 5.75 Å². The molecule has 3 rings (SSSR count). The minimum Gasteiger partial charge on any atom is -0.494 e. The number of nitrogens with zero attached hydrogens (tertiary/aromatic N) is 2. The third-order valence-electron chi connectivity index (χ3n) is 3.28. The maximum Gasteiger partial charge on any atom is 0.234 e. The number of rotatable bonds is 7. The fourth-order valence-electron chi connectivity index (χ4n) is 2.19. The number of amides is 1. The molecule has 0 atom stereocenters. The number of thiocyanates is 1. The highest BCUT2D eigenvalue weighted by atomic mass is 32.2. The summed E-state index contributed by atoms with van der Waals surface area (Å²) in [6, 6.07) is 13.0. The molecule has 1 heterocycles. The van der Waals surface area contributed by atoms with Crippen LogP contribution in [-0.4, -0.2) is 23.3 Å². The van der Waals surface area contributed by atoms with Gasteiger partial charge in [0.2, 0.25) is 5.91 Å². The molecular formula is C18H15N3O2S3. The maximum atomic E-state index is 12.1. The van der Waals surface area contributed by atoms with Crippen molar-refractivity contribution in [2.24, 2.45) is 0 Å². The number of benzene rings is 2. The molecule has 1 amide bonds. The number of thiazole rings is 1. The Kier molecular flexibility index (Phi) is 6.39. The highest BCUT2D eigenvalue weighted by molar-refractivity contribution is 8.03. The van der Waals surface area contributed by atoms with E-state index in [1.165, 1.54) is 11.8 Å². The summed E-state index contributed by atoms with van der Waals surface area (Å²) in [5.74, 6) is 1.02. The van der Waals surface area contributed by atoms with Gasteiger partial charge in [-0.05, 0) is 61.2 Å². The predicted octanol–water partition coefficient (Wildman–Crippen LogP) is 5.00. The number of hydrogen-bond acceptors (Lipinski definition) is 7. The highest BCUT2D eigenvalue weighted by Crippen LogP contribution is 2.32. The molecule has 1 N–H and O–H groups in total. The first-order valence-electron chi connectivity index (χ1n) is 7.80. The van der Waals surface area contributed by atoms with Crippen molar-refractivity contribution in [3.8, 4) is 11.2 Å². The second kappa shape index (κ2) is 8.94. The fraction of sp³-hybridized carbons (Fsp3) is 0.167. The molecule has 5 nitrogen and oxygen atoms in total.